The van der Waals surface area contributed by atoms with Crippen molar-refractivity contribution >= 4 is 18.4 Å². The number of rotatable bonds is 5. The van der Waals surface area contributed by atoms with E-state index in [0.29, 0.717) is 12.3 Å². The fraction of sp³-hybridized carbons (Fsp3) is 0.909. The third kappa shape index (κ3) is 4.28. The highest BCUT2D eigenvalue weighted by Crippen LogP contribution is 2.19. The summed E-state index contributed by atoms with van der Waals surface area (Å²) in [6, 6.07) is -0.315. The summed E-state index contributed by atoms with van der Waals surface area (Å²) in [4.78, 5) is 13.1. The van der Waals surface area contributed by atoms with E-state index in [1.807, 2.05) is 6.92 Å². The number of ether oxygens (including phenoxy) is 1. The Morgan fingerprint density at radius 1 is 1.62 bits per heavy atom. The van der Waals surface area contributed by atoms with Crippen molar-refractivity contribution in [3.05, 3.63) is 0 Å². The van der Waals surface area contributed by atoms with Gasteiger partial charge >= 0.3 is 5.97 Å². The molecule has 0 aromatic heterocycles. The van der Waals surface area contributed by atoms with Crippen molar-refractivity contribution in [3.8, 4) is 0 Å². The van der Waals surface area contributed by atoms with Gasteiger partial charge in [-0.25, -0.2) is 0 Å². The van der Waals surface area contributed by atoms with E-state index in [4.69, 9.17) is 9.84 Å². The van der Waals surface area contributed by atoms with E-state index < -0.39 is 5.97 Å². The van der Waals surface area contributed by atoms with Crippen LogP contribution < -0.4 is 0 Å². The number of hydrogen-bond donors (Lipinski definition) is 1. The Hall–Kier alpha value is -0.320. The fourth-order valence-electron chi connectivity index (χ4n) is 2.34. The maximum absolute atomic E-state index is 11.0. The number of likely N-dealkylation sites (tertiary alicyclic amines) is 1. The van der Waals surface area contributed by atoms with E-state index >= 15 is 0 Å². The standard InChI is InChI=1S/C11H21NO3.ClH/c1-3-10(11(13)14)12-6-4-5-9(7-12)8-15-2;/h9-10H,3-8H2,1-2H3,(H,13,14);1H. The molecule has 1 saturated heterocycles. The fourth-order valence-corrected chi connectivity index (χ4v) is 2.34. The van der Waals surface area contributed by atoms with E-state index in [-0.39, 0.29) is 18.4 Å². The number of carbonyl (C=O) groups is 1. The van der Waals surface area contributed by atoms with Crippen LogP contribution in [0.15, 0.2) is 0 Å². The second-order valence-corrected chi connectivity index (χ2v) is 4.22. The molecule has 1 aliphatic rings. The highest BCUT2D eigenvalue weighted by atomic mass is 35.5. The maximum atomic E-state index is 11.0. The van der Waals surface area contributed by atoms with Gasteiger partial charge in [0.1, 0.15) is 6.04 Å². The molecule has 4 nitrogen and oxygen atoms in total. The van der Waals surface area contributed by atoms with Gasteiger partial charge in [0.15, 0.2) is 0 Å². The summed E-state index contributed by atoms with van der Waals surface area (Å²) in [5.74, 6) is -0.201. The predicted molar refractivity (Wildman–Crippen MR) is 65.1 cm³/mol. The van der Waals surface area contributed by atoms with E-state index in [0.717, 1.165) is 32.5 Å². The molecule has 0 radical (unpaired) electrons. The summed E-state index contributed by atoms with van der Waals surface area (Å²) in [6.07, 6.45) is 2.91. The number of hydrogen-bond acceptors (Lipinski definition) is 3. The molecule has 2 atom stereocenters. The van der Waals surface area contributed by atoms with E-state index in [1.54, 1.807) is 7.11 Å². The molecule has 5 heteroatoms. The molecule has 1 heterocycles. The highest BCUT2D eigenvalue weighted by Gasteiger charge is 2.28. The lowest BCUT2D eigenvalue weighted by Crippen LogP contribution is -2.47. The maximum Gasteiger partial charge on any atom is 0.320 e. The lowest BCUT2D eigenvalue weighted by Gasteiger charge is -2.35. The van der Waals surface area contributed by atoms with Crippen molar-refractivity contribution in [2.24, 2.45) is 5.92 Å². The number of aliphatic carboxylic acids is 1. The van der Waals surface area contributed by atoms with Crippen molar-refractivity contribution in [1.29, 1.82) is 0 Å². The van der Waals surface area contributed by atoms with Gasteiger partial charge in [0.25, 0.3) is 0 Å². The second-order valence-electron chi connectivity index (χ2n) is 4.22. The average molecular weight is 252 g/mol. The molecular weight excluding hydrogens is 230 g/mol. The Morgan fingerprint density at radius 2 is 2.31 bits per heavy atom. The van der Waals surface area contributed by atoms with E-state index in [1.165, 1.54) is 0 Å². The third-order valence-electron chi connectivity index (χ3n) is 3.07. The smallest absolute Gasteiger partial charge is 0.320 e. The Kier molecular flexibility index (Phi) is 7.72. The van der Waals surface area contributed by atoms with Gasteiger partial charge in [-0.2, -0.15) is 0 Å². The Bertz CT molecular complexity index is 211. The zero-order valence-corrected chi connectivity index (χ0v) is 10.8. The van der Waals surface area contributed by atoms with Gasteiger partial charge in [-0.05, 0) is 31.7 Å². The number of carboxylic acids is 1. The number of piperidine rings is 1. The van der Waals surface area contributed by atoms with Crippen LogP contribution >= 0.6 is 12.4 Å². The van der Waals surface area contributed by atoms with Gasteiger partial charge in [-0.15, -0.1) is 12.4 Å². The Labute approximate surface area is 103 Å². The van der Waals surface area contributed by atoms with Gasteiger partial charge in [0.05, 0.1) is 6.61 Å². The topological polar surface area (TPSA) is 49.8 Å². The number of carboxylic acid groups (broad SMARTS) is 1. The normalized spacial score (nSPS) is 23.5. The summed E-state index contributed by atoms with van der Waals surface area (Å²) >= 11 is 0. The van der Waals surface area contributed by atoms with Crippen LogP contribution in [0.2, 0.25) is 0 Å². The molecule has 96 valence electrons. The predicted octanol–water partition coefficient (Wildman–Crippen LogP) is 1.63. The second kappa shape index (κ2) is 7.87. The van der Waals surface area contributed by atoms with Gasteiger partial charge in [0, 0.05) is 13.7 Å². The minimum atomic E-state index is -0.699. The summed E-state index contributed by atoms with van der Waals surface area (Å²) in [5, 5.41) is 9.07. The van der Waals surface area contributed by atoms with E-state index in [9.17, 15) is 4.79 Å². The summed E-state index contributed by atoms with van der Waals surface area (Å²) in [6.45, 7) is 4.44. The molecule has 1 fully saturated rings. The Balaban J connectivity index is 0.00000225. The molecule has 2 unspecified atom stereocenters. The average Bonchev–Trinajstić information content (AvgIpc) is 2.19. The van der Waals surface area contributed by atoms with Crippen LogP contribution in [0.5, 0.6) is 0 Å². The van der Waals surface area contributed by atoms with Crippen molar-refractivity contribution < 1.29 is 14.6 Å². The molecular formula is C11H22ClNO3. The minimum Gasteiger partial charge on any atom is -0.480 e. The molecule has 0 bridgehead atoms. The largest absolute Gasteiger partial charge is 0.480 e. The molecule has 1 aliphatic heterocycles. The SMILES string of the molecule is CCC(C(=O)O)N1CCCC(COC)C1.Cl. The van der Waals surface area contributed by atoms with Crippen LogP contribution in [0.1, 0.15) is 26.2 Å². The summed E-state index contributed by atoms with van der Waals surface area (Å²) in [5.41, 5.74) is 0. The van der Waals surface area contributed by atoms with E-state index in [2.05, 4.69) is 4.90 Å². The molecule has 0 amide bonds. The van der Waals surface area contributed by atoms with Crippen molar-refractivity contribution in [2.45, 2.75) is 32.2 Å². The van der Waals surface area contributed by atoms with Crippen LogP contribution in [0.4, 0.5) is 0 Å². The lowest BCUT2D eigenvalue weighted by molar-refractivity contribution is -0.144. The molecule has 0 aromatic rings. The van der Waals surface area contributed by atoms with Crippen molar-refractivity contribution in [3.63, 3.8) is 0 Å². The lowest BCUT2D eigenvalue weighted by atomic mass is 9.97. The van der Waals surface area contributed by atoms with Crippen LogP contribution in [-0.4, -0.2) is 48.8 Å². The van der Waals surface area contributed by atoms with Crippen LogP contribution in [-0.2, 0) is 9.53 Å². The molecule has 0 spiro atoms. The molecule has 1 N–H and O–H groups in total. The monoisotopic (exact) mass is 251 g/mol. The summed E-state index contributed by atoms with van der Waals surface area (Å²) < 4.78 is 5.13. The zero-order valence-electron chi connectivity index (χ0n) is 10.0. The molecule has 16 heavy (non-hydrogen) atoms. The third-order valence-corrected chi connectivity index (χ3v) is 3.07. The van der Waals surface area contributed by atoms with Crippen LogP contribution in [0.3, 0.4) is 0 Å². The Morgan fingerprint density at radius 3 is 2.81 bits per heavy atom. The first-order valence-corrected chi connectivity index (χ1v) is 5.64. The first-order chi connectivity index (χ1) is 7.19. The highest BCUT2D eigenvalue weighted by molar-refractivity contribution is 5.85. The quantitative estimate of drug-likeness (QED) is 0.807. The van der Waals surface area contributed by atoms with Gasteiger partial charge in [0.2, 0.25) is 0 Å². The zero-order chi connectivity index (χ0) is 11.3. The summed E-state index contributed by atoms with van der Waals surface area (Å²) in [7, 11) is 1.70. The molecule has 0 aromatic carbocycles. The van der Waals surface area contributed by atoms with Crippen LogP contribution in [0.25, 0.3) is 0 Å². The van der Waals surface area contributed by atoms with Gasteiger partial charge in [-0.1, -0.05) is 6.92 Å². The van der Waals surface area contributed by atoms with Gasteiger partial charge < -0.3 is 9.84 Å². The van der Waals surface area contributed by atoms with Crippen molar-refractivity contribution in [2.75, 3.05) is 26.8 Å². The number of nitrogens with zero attached hydrogens (tertiary/aromatic N) is 1. The molecule has 1 rings (SSSR count). The number of halogens is 1. The minimum absolute atomic E-state index is 0. The van der Waals surface area contributed by atoms with Crippen LogP contribution in [0, 0.1) is 5.92 Å². The molecule has 0 aliphatic carbocycles. The first-order valence-electron chi connectivity index (χ1n) is 5.64. The molecule has 0 saturated carbocycles. The number of methoxy groups -OCH3 is 1. The van der Waals surface area contributed by atoms with Crippen molar-refractivity contribution in [1.82, 2.24) is 4.90 Å². The van der Waals surface area contributed by atoms with Gasteiger partial charge in [-0.3, -0.25) is 9.69 Å². The first kappa shape index (κ1) is 15.7.